The normalized spacial score (nSPS) is 12.9. The van der Waals surface area contributed by atoms with Crippen molar-refractivity contribution in [2.75, 3.05) is 6.61 Å². The summed E-state index contributed by atoms with van der Waals surface area (Å²) in [5.74, 6) is -2.98. The van der Waals surface area contributed by atoms with Crippen molar-refractivity contribution in [3.05, 3.63) is 39.9 Å². The lowest BCUT2D eigenvalue weighted by Gasteiger charge is -2.26. The first-order chi connectivity index (χ1) is 12.2. The summed E-state index contributed by atoms with van der Waals surface area (Å²) in [4.78, 5) is 46.2. The summed E-state index contributed by atoms with van der Waals surface area (Å²) >= 11 is 0. The molecule has 3 N–H and O–H groups in total. The number of hydrogen-bond acceptors (Lipinski definition) is 6. The molecule has 0 fully saturated rings. The zero-order valence-corrected chi connectivity index (χ0v) is 14.9. The fraction of sp³-hybridized carbons (Fsp3) is 0.471. The van der Waals surface area contributed by atoms with Crippen LogP contribution in [0, 0.1) is 16.0 Å². The zero-order chi connectivity index (χ0) is 19.9. The summed E-state index contributed by atoms with van der Waals surface area (Å²) < 4.78 is 4.93. The zero-order valence-electron chi connectivity index (χ0n) is 14.9. The first-order valence-corrected chi connectivity index (χ1v) is 8.17. The molecule has 2 atom stereocenters. The highest BCUT2D eigenvalue weighted by molar-refractivity contribution is 5.89. The highest BCUT2D eigenvalue weighted by Gasteiger charge is 2.32. The van der Waals surface area contributed by atoms with E-state index < -0.39 is 40.6 Å². The van der Waals surface area contributed by atoms with Crippen molar-refractivity contribution < 1.29 is 24.0 Å². The van der Waals surface area contributed by atoms with Crippen LogP contribution >= 0.6 is 0 Å². The molecule has 1 rings (SSSR count). The van der Waals surface area contributed by atoms with Crippen molar-refractivity contribution in [3.8, 4) is 0 Å². The standard InChI is InChI=1S/C17H23N3O6/c1-4-26-14(21)9-13(11-5-7-12(8-6-11)20(24)25)15(16(18)22)19-17(23)10(2)3/h5-8,10,13,15H,4,9H2,1-3H3,(H2,18,22)(H,19,23)/t13-,15-/m0/s1. The van der Waals surface area contributed by atoms with Gasteiger partial charge in [-0.1, -0.05) is 26.0 Å². The number of primary amides is 1. The van der Waals surface area contributed by atoms with Crippen LogP contribution in [-0.4, -0.2) is 35.4 Å². The lowest BCUT2D eigenvalue weighted by Crippen LogP contribution is -2.49. The average Bonchev–Trinajstić information content (AvgIpc) is 2.57. The minimum Gasteiger partial charge on any atom is -0.466 e. The van der Waals surface area contributed by atoms with Gasteiger partial charge < -0.3 is 15.8 Å². The predicted molar refractivity (Wildman–Crippen MR) is 93.1 cm³/mol. The number of hydrogen-bond donors (Lipinski definition) is 2. The molecule has 0 bridgehead atoms. The van der Waals surface area contributed by atoms with E-state index in [0.29, 0.717) is 5.56 Å². The maximum absolute atomic E-state index is 12.0. The van der Waals surface area contributed by atoms with Gasteiger partial charge in [0.05, 0.1) is 18.0 Å². The van der Waals surface area contributed by atoms with Crippen LogP contribution in [0.15, 0.2) is 24.3 Å². The molecule has 0 heterocycles. The number of non-ortho nitro benzene ring substituents is 1. The van der Waals surface area contributed by atoms with E-state index in [2.05, 4.69) is 5.32 Å². The molecule has 0 aliphatic heterocycles. The fourth-order valence-corrected chi connectivity index (χ4v) is 2.36. The van der Waals surface area contributed by atoms with Crippen LogP contribution in [0.2, 0.25) is 0 Å². The van der Waals surface area contributed by atoms with Gasteiger partial charge >= 0.3 is 5.97 Å². The average molecular weight is 365 g/mol. The molecular formula is C17H23N3O6. The first-order valence-electron chi connectivity index (χ1n) is 8.17. The second-order valence-corrected chi connectivity index (χ2v) is 6.01. The third-order valence-corrected chi connectivity index (χ3v) is 3.75. The lowest BCUT2D eigenvalue weighted by molar-refractivity contribution is -0.384. The Morgan fingerprint density at radius 1 is 1.23 bits per heavy atom. The van der Waals surface area contributed by atoms with Gasteiger partial charge in [-0.05, 0) is 12.5 Å². The van der Waals surface area contributed by atoms with Gasteiger partial charge in [-0.2, -0.15) is 0 Å². The topological polar surface area (TPSA) is 142 Å². The summed E-state index contributed by atoms with van der Waals surface area (Å²) in [6, 6.07) is 4.22. The second kappa shape index (κ2) is 9.50. The number of nitro groups is 1. The molecule has 0 unspecified atom stereocenters. The van der Waals surface area contributed by atoms with Crippen LogP contribution < -0.4 is 11.1 Å². The number of nitrogens with two attached hydrogens (primary N) is 1. The number of nitrogens with one attached hydrogen (secondary N) is 1. The highest BCUT2D eigenvalue weighted by Crippen LogP contribution is 2.26. The molecule has 26 heavy (non-hydrogen) atoms. The Labute approximate surface area is 151 Å². The van der Waals surface area contributed by atoms with Gasteiger partial charge in [-0.3, -0.25) is 24.5 Å². The number of rotatable bonds is 9. The Kier molecular flexibility index (Phi) is 7.70. The fourth-order valence-electron chi connectivity index (χ4n) is 2.36. The van der Waals surface area contributed by atoms with Crippen LogP contribution in [0.4, 0.5) is 5.69 Å². The maximum atomic E-state index is 12.0. The number of benzene rings is 1. The van der Waals surface area contributed by atoms with Gasteiger partial charge in [0, 0.05) is 24.0 Å². The van der Waals surface area contributed by atoms with Gasteiger partial charge in [-0.25, -0.2) is 0 Å². The molecule has 1 aromatic rings. The van der Waals surface area contributed by atoms with Gasteiger partial charge in [0.1, 0.15) is 6.04 Å². The van der Waals surface area contributed by atoms with Crippen molar-refractivity contribution in [1.29, 1.82) is 0 Å². The summed E-state index contributed by atoms with van der Waals surface area (Å²) in [5.41, 5.74) is 5.76. The van der Waals surface area contributed by atoms with E-state index in [-0.39, 0.29) is 18.7 Å². The van der Waals surface area contributed by atoms with E-state index in [1.165, 1.54) is 24.3 Å². The van der Waals surface area contributed by atoms with E-state index in [9.17, 15) is 24.5 Å². The van der Waals surface area contributed by atoms with E-state index >= 15 is 0 Å². The van der Waals surface area contributed by atoms with Gasteiger partial charge in [0.2, 0.25) is 11.8 Å². The molecule has 0 saturated heterocycles. The van der Waals surface area contributed by atoms with Gasteiger partial charge in [-0.15, -0.1) is 0 Å². The van der Waals surface area contributed by atoms with Crippen molar-refractivity contribution in [2.24, 2.45) is 11.7 Å². The molecule has 9 nitrogen and oxygen atoms in total. The number of ether oxygens (including phenoxy) is 1. The van der Waals surface area contributed by atoms with E-state index in [4.69, 9.17) is 10.5 Å². The number of amides is 2. The summed E-state index contributed by atoms with van der Waals surface area (Å²) in [6.07, 6.45) is -0.211. The lowest BCUT2D eigenvalue weighted by atomic mass is 9.87. The second-order valence-electron chi connectivity index (χ2n) is 6.01. The Bertz CT molecular complexity index is 672. The Morgan fingerprint density at radius 2 is 1.81 bits per heavy atom. The molecule has 0 aliphatic rings. The predicted octanol–water partition coefficient (Wildman–Crippen LogP) is 1.26. The van der Waals surface area contributed by atoms with E-state index in [0.717, 1.165) is 0 Å². The minimum absolute atomic E-state index is 0.134. The summed E-state index contributed by atoms with van der Waals surface area (Å²) in [5, 5.41) is 13.4. The van der Waals surface area contributed by atoms with Crippen LogP contribution in [0.5, 0.6) is 0 Å². The molecule has 0 aromatic heterocycles. The number of esters is 1. The molecule has 0 spiro atoms. The Balaban J connectivity index is 3.23. The highest BCUT2D eigenvalue weighted by atomic mass is 16.6. The van der Waals surface area contributed by atoms with Crippen LogP contribution in [-0.2, 0) is 19.1 Å². The molecule has 0 saturated carbocycles. The quantitative estimate of drug-likeness (QED) is 0.383. The smallest absolute Gasteiger partial charge is 0.306 e. The van der Waals surface area contributed by atoms with Crippen LogP contribution in [0.25, 0.3) is 0 Å². The monoisotopic (exact) mass is 365 g/mol. The summed E-state index contributed by atoms with van der Waals surface area (Å²) in [7, 11) is 0. The number of nitrogens with zero attached hydrogens (tertiary/aromatic N) is 1. The van der Waals surface area contributed by atoms with Gasteiger partial charge in [0.25, 0.3) is 5.69 Å². The molecule has 0 radical (unpaired) electrons. The molecule has 1 aromatic carbocycles. The van der Waals surface area contributed by atoms with Crippen LogP contribution in [0.1, 0.15) is 38.7 Å². The molecule has 2 amide bonds. The molecular weight excluding hydrogens is 342 g/mol. The third-order valence-electron chi connectivity index (χ3n) is 3.75. The van der Waals surface area contributed by atoms with E-state index in [1.54, 1.807) is 20.8 Å². The largest absolute Gasteiger partial charge is 0.466 e. The third kappa shape index (κ3) is 5.83. The van der Waals surface area contributed by atoms with Crippen molar-refractivity contribution in [2.45, 2.75) is 39.2 Å². The van der Waals surface area contributed by atoms with Crippen molar-refractivity contribution in [1.82, 2.24) is 5.32 Å². The molecule has 0 aliphatic carbocycles. The van der Waals surface area contributed by atoms with E-state index in [1.807, 2.05) is 0 Å². The number of nitro benzene ring substituents is 1. The minimum atomic E-state index is -1.16. The van der Waals surface area contributed by atoms with Crippen LogP contribution in [0.3, 0.4) is 0 Å². The van der Waals surface area contributed by atoms with Crippen molar-refractivity contribution in [3.63, 3.8) is 0 Å². The number of carbonyl (C=O) groups is 3. The van der Waals surface area contributed by atoms with Crippen molar-refractivity contribution >= 4 is 23.5 Å². The SMILES string of the molecule is CCOC(=O)C[C@@H](c1ccc([N+](=O)[O-])cc1)[C@H](NC(=O)C(C)C)C(N)=O. The summed E-state index contributed by atoms with van der Waals surface area (Å²) in [6.45, 7) is 5.11. The molecule has 142 valence electrons. The first kappa shape index (κ1) is 21.1. The Hall–Kier alpha value is -2.97. The maximum Gasteiger partial charge on any atom is 0.306 e. The Morgan fingerprint density at radius 3 is 2.23 bits per heavy atom. The van der Waals surface area contributed by atoms with Gasteiger partial charge in [0.15, 0.2) is 0 Å². The number of carbonyl (C=O) groups excluding carboxylic acids is 3. The molecule has 9 heteroatoms.